The van der Waals surface area contributed by atoms with Crippen LogP contribution >= 0.6 is 0 Å². The number of carbonyl (C=O) groups excluding carboxylic acids is 1. The number of aryl methyl sites for hydroxylation is 1. The summed E-state index contributed by atoms with van der Waals surface area (Å²) in [6.07, 6.45) is 4.52. The van der Waals surface area contributed by atoms with Crippen LogP contribution in [-0.2, 0) is 11.8 Å². The van der Waals surface area contributed by atoms with Crippen molar-refractivity contribution in [1.82, 2.24) is 24.4 Å². The Bertz CT molecular complexity index is 2240. The Hall–Kier alpha value is -5.11. The molecule has 1 aromatic carbocycles. The summed E-state index contributed by atoms with van der Waals surface area (Å²) in [7, 11) is 5.08. The topological polar surface area (TPSA) is 137 Å². The van der Waals surface area contributed by atoms with Crippen molar-refractivity contribution in [1.29, 1.82) is 0 Å². The Labute approximate surface area is 273 Å². The van der Waals surface area contributed by atoms with E-state index in [1.807, 2.05) is 7.05 Å². The summed E-state index contributed by atoms with van der Waals surface area (Å²) in [6, 6.07) is 2.59. The van der Waals surface area contributed by atoms with Crippen molar-refractivity contribution >= 4 is 56.4 Å². The van der Waals surface area contributed by atoms with E-state index >= 15 is 8.78 Å². The summed E-state index contributed by atoms with van der Waals surface area (Å²) in [5.74, 6) is -3.27. The van der Waals surface area contributed by atoms with Crippen LogP contribution < -0.4 is 15.2 Å². The van der Waals surface area contributed by atoms with Gasteiger partial charge in [-0.05, 0) is 46.2 Å². The number of carbonyl (C=O) groups is 2. The normalized spacial score (nSPS) is 18.3. The Balaban J connectivity index is 1.53. The van der Waals surface area contributed by atoms with E-state index in [0.29, 0.717) is 34.7 Å². The van der Waals surface area contributed by atoms with E-state index in [-0.39, 0.29) is 39.3 Å². The largest absolute Gasteiger partial charge is 0.477 e. The molecule has 7 rings (SSSR count). The highest BCUT2D eigenvalue weighted by Gasteiger charge is 2.42. The minimum atomic E-state index is -1.36. The van der Waals surface area contributed by atoms with Gasteiger partial charge >= 0.3 is 12.1 Å². The van der Waals surface area contributed by atoms with Crippen LogP contribution in [-0.4, -0.2) is 87.0 Å². The van der Waals surface area contributed by atoms with Gasteiger partial charge in [0.25, 0.3) is 0 Å². The molecule has 0 unspecified atom stereocenters. The zero-order chi connectivity index (χ0) is 34.4. The maximum Gasteiger partial charge on any atom is 0.414 e. The number of H-pyrrole nitrogens is 1. The van der Waals surface area contributed by atoms with Crippen LogP contribution in [0.3, 0.4) is 0 Å². The molecule has 0 aliphatic carbocycles. The molecular formula is C34H35F2N7O5. The summed E-state index contributed by atoms with van der Waals surface area (Å²) >= 11 is 0. The molecule has 6 heterocycles. The fourth-order valence-corrected chi connectivity index (χ4v) is 7.24. The predicted molar refractivity (Wildman–Crippen MR) is 178 cm³/mol. The minimum absolute atomic E-state index is 0.0599. The second kappa shape index (κ2) is 11.0. The van der Waals surface area contributed by atoms with Gasteiger partial charge in [-0.15, -0.1) is 0 Å². The number of nitrogens with zero attached hydrogens (tertiary/aromatic N) is 6. The lowest BCUT2D eigenvalue weighted by molar-refractivity contribution is 0.0588. The average molecular weight is 660 g/mol. The quantitative estimate of drug-likeness (QED) is 0.270. The molecule has 2 aliphatic rings. The van der Waals surface area contributed by atoms with Gasteiger partial charge in [-0.1, -0.05) is 0 Å². The highest BCUT2D eigenvalue weighted by molar-refractivity contribution is 6.19. The fourth-order valence-electron chi connectivity index (χ4n) is 7.24. The molecule has 0 bridgehead atoms. The van der Waals surface area contributed by atoms with Crippen molar-refractivity contribution in [3.8, 4) is 11.1 Å². The number of likely N-dealkylation sites (N-methyl/N-ethyl adjacent to an activating group) is 1. The van der Waals surface area contributed by atoms with Crippen molar-refractivity contribution in [2.75, 3.05) is 43.5 Å². The summed E-state index contributed by atoms with van der Waals surface area (Å²) in [5.41, 5.74) is 0.446. The van der Waals surface area contributed by atoms with Crippen molar-refractivity contribution in [3.63, 3.8) is 0 Å². The van der Waals surface area contributed by atoms with E-state index in [4.69, 9.17) is 4.74 Å². The molecule has 2 atom stereocenters. The van der Waals surface area contributed by atoms with E-state index in [2.05, 4.69) is 24.8 Å². The lowest BCUT2D eigenvalue weighted by Gasteiger charge is -2.29. The molecule has 2 fully saturated rings. The van der Waals surface area contributed by atoms with Crippen molar-refractivity contribution in [2.45, 2.75) is 38.8 Å². The standard InChI is InChI=1S/C34H35F2N7O5/c1-34(2,3)48-33(47)42(6)22-10-21(35)26(36)24-25-28(43-8-7-16-13-40(4)15-23(16)43)19(12-37-30(25)39-27(22)24)17-9-18-29(44)20(32(45)46)14-41(5)31(18)38-11-17/h9-12,14,16,23H,7-8,13,15H2,1-6H3,(H,37,39)(H,45,46)/t16-,23+/m0/s1. The predicted octanol–water partition coefficient (Wildman–Crippen LogP) is 5.12. The van der Waals surface area contributed by atoms with Gasteiger partial charge in [0, 0.05) is 75.6 Å². The molecule has 0 saturated carbocycles. The van der Waals surface area contributed by atoms with Crippen molar-refractivity contribution in [2.24, 2.45) is 13.0 Å². The maximum absolute atomic E-state index is 16.1. The molecular weight excluding hydrogens is 624 g/mol. The van der Waals surface area contributed by atoms with Crippen LogP contribution in [0.15, 0.2) is 35.5 Å². The Morgan fingerprint density at radius 2 is 1.85 bits per heavy atom. The molecule has 0 radical (unpaired) electrons. The molecule has 2 N–H and O–H groups in total. The number of ether oxygens (including phenoxy) is 1. The number of carboxylic acid groups (broad SMARTS) is 1. The van der Waals surface area contributed by atoms with Gasteiger partial charge in [-0.2, -0.15) is 0 Å². The number of aromatic carboxylic acids is 1. The third-order valence-electron chi connectivity index (χ3n) is 9.34. The third-order valence-corrected chi connectivity index (χ3v) is 9.34. The number of aromatic nitrogens is 4. The van der Waals surface area contributed by atoms with E-state index in [1.165, 1.54) is 17.8 Å². The van der Waals surface area contributed by atoms with Gasteiger partial charge in [-0.25, -0.2) is 28.3 Å². The molecule has 0 spiro atoms. The first kappa shape index (κ1) is 31.5. The summed E-state index contributed by atoms with van der Waals surface area (Å²) in [4.78, 5) is 56.1. The van der Waals surface area contributed by atoms with Gasteiger partial charge in [0.1, 0.15) is 22.5 Å². The van der Waals surface area contributed by atoms with E-state index in [9.17, 15) is 19.5 Å². The Morgan fingerprint density at radius 1 is 1.10 bits per heavy atom. The highest BCUT2D eigenvalue weighted by atomic mass is 19.2. The monoisotopic (exact) mass is 659 g/mol. The lowest BCUT2D eigenvalue weighted by atomic mass is 9.99. The second-order valence-electron chi connectivity index (χ2n) is 13.8. The molecule has 14 heteroatoms. The molecule has 1 amide bonds. The number of anilines is 2. The zero-order valence-electron chi connectivity index (χ0n) is 27.4. The first-order valence-corrected chi connectivity index (χ1v) is 15.6. The SMILES string of the molecule is CN1C[C@@H]2CCN(c3c(-c4cnc5c(c4)c(=O)c(C(=O)O)cn5C)cnc4[nH]c5c(N(C)C(=O)OC(C)(C)C)cc(F)c(F)c5c34)[C@@H]2C1. The van der Waals surface area contributed by atoms with Crippen LogP contribution in [0.4, 0.5) is 25.0 Å². The summed E-state index contributed by atoms with van der Waals surface area (Å²) < 4.78 is 38.7. The number of amides is 1. The number of nitrogens with one attached hydrogen (secondary N) is 1. The number of benzene rings is 1. The first-order valence-electron chi connectivity index (χ1n) is 15.6. The van der Waals surface area contributed by atoms with E-state index in [0.717, 1.165) is 30.5 Å². The van der Waals surface area contributed by atoms with Crippen molar-refractivity contribution < 1.29 is 28.2 Å². The van der Waals surface area contributed by atoms with Crippen LogP contribution in [0.1, 0.15) is 37.6 Å². The molecule has 4 aromatic heterocycles. The number of aromatic amines is 1. The number of carboxylic acids is 1. The number of rotatable bonds is 4. The van der Waals surface area contributed by atoms with Gasteiger partial charge in [-0.3, -0.25) is 9.69 Å². The number of pyridine rings is 3. The van der Waals surface area contributed by atoms with Gasteiger partial charge in [0.05, 0.1) is 33.1 Å². The van der Waals surface area contributed by atoms with Gasteiger partial charge in [0.15, 0.2) is 11.6 Å². The molecule has 48 heavy (non-hydrogen) atoms. The van der Waals surface area contributed by atoms with Crippen LogP contribution in [0.25, 0.3) is 44.1 Å². The number of halogens is 2. The fraction of sp³-hybridized carbons (Fsp3) is 0.382. The van der Waals surface area contributed by atoms with Crippen molar-refractivity contribution in [3.05, 3.63) is 58.1 Å². The number of likely N-dealkylation sites (tertiary alicyclic amines) is 1. The van der Waals surface area contributed by atoms with E-state index < -0.39 is 40.3 Å². The van der Waals surface area contributed by atoms with Crippen LogP contribution in [0, 0.1) is 17.6 Å². The number of hydrogen-bond donors (Lipinski definition) is 2. The smallest absolute Gasteiger partial charge is 0.414 e. The average Bonchev–Trinajstić information content (AvgIpc) is 3.71. The zero-order valence-corrected chi connectivity index (χ0v) is 27.4. The summed E-state index contributed by atoms with van der Waals surface area (Å²) in [6.45, 7) is 7.41. The maximum atomic E-state index is 16.1. The van der Waals surface area contributed by atoms with E-state index in [1.54, 1.807) is 46.3 Å². The molecule has 12 nitrogen and oxygen atoms in total. The van der Waals surface area contributed by atoms with Gasteiger partial charge < -0.3 is 29.2 Å². The molecule has 2 saturated heterocycles. The Kier molecular flexibility index (Phi) is 7.20. The van der Waals surface area contributed by atoms with Gasteiger partial charge in [0.2, 0.25) is 5.43 Å². The molecule has 250 valence electrons. The lowest BCUT2D eigenvalue weighted by Crippen LogP contribution is -2.35. The molecule has 5 aromatic rings. The van der Waals surface area contributed by atoms with Crippen LogP contribution in [0.2, 0.25) is 0 Å². The number of fused-ring (bicyclic) bond motifs is 5. The number of hydrogen-bond acceptors (Lipinski definition) is 8. The molecule has 2 aliphatic heterocycles. The second-order valence-corrected chi connectivity index (χ2v) is 13.8. The first-order chi connectivity index (χ1) is 22.6. The Morgan fingerprint density at radius 3 is 2.56 bits per heavy atom. The third kappa shape index (κ3) is 4.93. The minimum Gasteiger partial charge on any atom is -0.477 e. The summed E-state index contributed by atoms with van der Waals surface area (Å²) in [5, 5.41) is 10.0. The highest BCUT2D eigenvalue weighted by Crippen LogP contribution is 2.47. The van der Waals surface area contributed by atoms with Crippen LogP contribution in [0.5, 0.6) is 0 Å².